The summed E-state index contributed by atoms with van der Waals surface area (Å²) in [4.78, 5) is 11.9. The summed E-state index contributed by atoms with van der Waals surface area (Å²) >= 11 is 1.73. The van der Waals surface area contributed by atoms with E-state index in [1.165, 1.54) is 17.8 Å². The highest BCUT2D eigenvalue weighted by Gasteiger charge is 2.23. The lowest BCUT2D eigenvalue weighted by molar-refractivity contribution is -0.0721. The second-order valence-electron chi connectivity index (χ2n) is 8.01. The molecule has 6 nitrogen and oxygen atoms in total. The van der Waals surface area contributed by atoms with Gasteiger partial charge in [-0.15, -0.1) is 35.3 Å². The number of hydrogen-bond donors (Lipinski definition) is 1. The van der Waals surface area contributed by atoms with Crippen molar-refractivity contribution in [3.05, 3.63) is 16.1 Å². The summed E-state index contributed by atoms with van der Waals surface area (Å²) in [6, 6.07) is 0. The third kappa shape index (κ3) is 7.95. The molecule has 3 rings (SSSR count). The fourth-order valence-corrected chi connectivity index (χ4v) is 4.48. The van der Waals surface area contributed by atoms with E-state index in [1.807, 2.05) is 0 Å². The molecule has 2 aliphatic rings. The molecule has 0 radical (unpaired) electrons. The van der Waals surface area contributed by atoms with Gasteiger partial charge in [0.05, 0.1) is 36.1 Å². The van der Waals surface area contributed by atoms with Gasteiger partial charge in [0.1, 0.15) is 0 Å². The maximum absolute atomic E-state index is 6.14. The van der Waals surface area contributed by atoms with Gasteiger partial charge in [-0.2, -0.15) is 0 Å². The third-order valence-electron chi connectivity index (χ3n) is 5.32. The van der Waals surface area contributed by atoms with Crippen LogP contribution in [0.2, 0.25) is 0 Å². The zero-order valence-electron chi connectivity index (χ0n) is 18.1. The standard InChI is InChI=1S/C21H36N4O2S.HI/c1-4-22-21(23-13-17-15-28-20(24-17)16(2)3)25-10-8-18(9-11-25)27-14-19-7-5-6-12-26-19;/h15-16,18-19H,4-14H2,1-3H3,(H,22,23);1H. The van der Waals surface area contributed by atoms with Crippen molar-refractivity contribution >= 4 is 41.3 Å². The Bertz CT molecular complexity index is 612. The molecule has 0 aromatic carbocycles. The number of thiazole rings is 1. The van der Waals surface area contributed by atoms with Crippen LogP contribution in [0.15, 0.2) is 10.4 Å². The largest absolute Gasteiger partial charge is 0.376 e. The topological polar surface area (TPSA) is 59.0 Å². The zero-order chi connectivity index (χ0) is 19.8. The van der Waals surface area contributed by atoms with Crippen LogP contribution in [0.1, 0.15) is 69.5 Å². The van der Waals surface area contributed by atoms with Gasteiger partial charge in [0, 0.05) is 37.5 Å². The number of aromatic nitrogens is 1. The number of likely N-dealkylation sites (tertiary alicyclic amines) is 1. The summed E-state index contributed by atoms with van der Waals surface area (Å²) < 4.78 is 11.9. The number of rotatable bonds is 7. The maximum Gasteiger partial charge on any atom is 0.194 e. The summed E-state index contributed by atoms with van der Waals surface area (Å²) in [5.74, 6) is 1.48. The molecule has 2 saturated heterocycles. The Hall–Kier alpha value is -0.450. The number of nitrogens with zero attached hydrogens (tertiary/aromatic N) is 3. The van der Waals surface area contributed by atoms with Crippen molar-refractivity contribution in [2.24, 2.45) is 4.99 Å². The molecule has 1 aromatic rings. The molecular weight excluding hydrogens is 499 g/mol. The van der Waals surface area contributed by atoms with Crippen molar-refractivity contribution in [2.45, 2.75) is 77.5 Å². The van der Waals surface area contributed by atoms with Crippen LogP contribution in [-0.2, 0) is 16.0 Å². The lowest BCUT2D eigenvalue weighted by atomic mass is 10.1. The first-order valence-electron chi connectivity index (χ1n) is 10.9. The van der Waals surface area contributed by atoms with Gasteiger partial charge in [0.2, 0.25) is 0 Å². The maximum atomic E-state index is 6.14. The summed E-state index contributed by atoms with van der Waals surface area (Å²) in [5.41, 5.74) is 1.06. The molecule has 1 N–H and O–H groups in total. The molecule has 1 atom stereocenters. The summed E-state index contributed by atoms with van der Waals surface area (Å²) in [6.07, 6.45) is 6.35. The van der Waals surface area contributed by atoms with E-state index in [2.05, 4.69) is 36.4 Å². The second-order valence-corrected chi connectivity index (χ2v) is 8.90. The molecule has 0 spiro atoms. The number of nitrogens with one attached hydrogen (secondary N) is 1. The van der Waals surface area contributed by atoms with Gasteiger partial charge < -0.3 is 19.7 Å². The minimum atomic E-state index is 0. The summed E-state index contributed by atoms with van der Waals surface area (Å²) in [5, 5.41) is 6.77. The minimum Gasteiger partial charge on any atom is -0.376 e. The van der Waals surface area contributed by atoms with Gasteiger partial charge in [0.25, 0.3) is 0 Å². The van der Waals surface area contributed by atoms with E-state index in [4.69, 9.17) is 19.5 Å². The monoisotopic (exact) mass is 536 g/mol. The van der Waals surface area contributed by atoms with Gasteiger partial charge >= 0.3 is 0 Å². The minimum absolute atomic E-state index is 0. The molecule has 2 aliphatic heterocycles. The van der Waals surface area contributed by atoms with Crippen molar-refractivity contribution in [1.29, 1.82) is 0 Å². The highest BCUT2D eigenvalue weighted by molar-refractivity contribution is 14.0. The molecule has 3 heterocycles. The molecule has 1 aromatic heterocycles. The Kier molecular flexibility index (Phi) is 11.2. The van der Waals surface area contributed by atoms with E-state index in [1.54, 1.807) is 11.3 Å². The van der Waals surface area contributed by atoms with Gasteiger partial charge in [-0.3, -0.25) is 0 Å². The van der Waals surface area contributed by atoms with Crippen LogP contribution in [0.3, 0.4) is 0 Å². The Balaban J connectivity index is 0.00000300. The van der Waals surface area contributed by atoms with Gasteiger partial charge in [-0.05, 0) is 39.0 Å². The molecule has 29 heavy (non-hydrogen) atoms. The van der Waals surface area contributed by atoms with E-state index >= 15 is 0 Å². The SMILES string of the molecule is CCNC(=NCc1csc(C(C)C)n1)N1CCC(OCC2CCCCO2)CC1.I. The molecule has 0 aliphatic carbocycles. The van der Waals surface area contributed by atoms with Crippen LogP contribution in [-0.4, -0.2) is 60.9 Å². The summed E-state index contributed by atoms with van der Waals surface area (Å²) in [6.45, 7) is 11.6. The summed E-state index contributed by atoms with van der Waals surface area (Å²) in [7, 11) is 0. The normalized spacial score (nSPS) is 21.3. The van der Waals surface area contributed by atoms with Gasteiger partial charge in [-0.1, -0.05) is 13.8 Å². The fraction of sp³-hybridized carbons (Fsp3) is 0.810. The van der Waals surface area contributed by atoms with Crippen LogP contribution in [0.5, 0.6) is 0 Å². The van der Waals surface area contributed by atoms with E-state index in [0.29, 0.717) is 24.7 Å². The first-order chi connectivity index (χ1) is 13.7. The predicted molar refractivity (Wildman–Crippen MR) is 131 cm³/mol. The molecule has 0 saturated carbocycles. The lowest BCUT2D eigenvalue weighted by Crippen LogP contribution is -2.47. The van der Waals surface area contributed by atoms with Crippen LogP contribution < -0.4 is 5.32 Å². The number of piperidine rings is 1. The molecule has 1 unspecified atom stereocenters. The predicted octanol–water partition coefficient (Wildman–Crippen LogP) is 4.40. The number of hydrogen-bond acceptors (Lipinski definition) is 5. The van der Waals surface area contributed by atoms with Gasteiger partial charge in [0.15, 0.2) is 5.96 Å². The van der Waals surface area contributed by atoms with Crippen LogP contribution in [0.25, 0.3) is 0 Å². The zero-order valence-corrected chi connectivity index (χ0v) is 21.2. The molecule has 0 bridgehead atoms. The van der Waals surface area contributed by atoms with Crippen LogP contribution in [0.4, 0.5) is 0 Å². The van der Waals surface area contributed by atoms with Crippen molar-refractivity contribution in [3.8, 4) is 0 Å². The smallest absolute Gasteiger partial charge is 0.194 e. The molecule has 2 fully saturated rings. The second kappa shape index (κ2) is 13.1. The van der Waals surface area contributed by atoms with E-state index in [9.17, 15) is 0 Å². The first kappa shape index (κ1) is 24.8. The highest BCUT2D eigenvalue weighted by atomic mass is 127. The lowest BCUT2D eigenvalue weighted by Gasteiger charge is -2.35. The van der Waals surface area contributed by atoms with Crippen molar-refractivity contribution in [1.82, 2.24) is 15.2 Å². The van der Waals surface area contributed by atoms with Crippen LogP contribution in [0, 0.1) is 0 Å². The Labute approximate surface area is 196 Å². The Morgan fingerprint density at radius 3 is 2.76 bits per heavy atom. The highest BCUT2D eigenvalue weighted by Crippen LogP contribution is 2.20. The molecule has 0 amide bonds. The Morgan fingerprint density at radius 1 is 1.34 bits per heavy atom. The van der Waals surface area contributed by atoms with Crippen molar-refractivity contribution in [3.63, 3.8) is 0 Å². The number of guanidine groups is 1. The van der Waals surface area contributed by atoms with E-state index < -0.39 is 0 Å². The average molecular weight is 537 g/mol. The van der Waals surface area contributed by atoms with E-state index in [0.717, 1.165) is 63.8 Å². The quantitative estimate of drug-likeness (QED) is 0.318. The average Bonchev–Trinajstić information content (AvgIpc) is 3.20. The van der Waals surface area contributed by atoms with E-state index in [-0.39, 0.29) is 24.0 Å². The third-order valence-corrected chi connectivity index (χ3v) is 6.52. The van der Waals surface area contributed by atoms with Crippen molar-refractivity contribution in [2.75, 3.05) is 32.8 Å². The number of aliphatic imine (C=N–C) groups is 1. The van der Waals surface area contributed by atoms with Gasteiger partial charge in [-0.25, -0.2) is 9.98 Å². The fourth-order valence-electron chi connectivity index (χ4n) is 3.66. The molecule has 166 valence electrons. The van der Waals surface area contributed by atoms with Crippen molar-refractivity contribution < 1.29 is 9.47 Å². The Morgan fingerprint density at radius 2 is 2.14 bits per heavy atom. The first-order valence-corrected chi connectivity index (χ1v) is 11.7. The number of ether oxygens (including phenoxy) is 2. The molecular formula is C21H37IN4O2S. The number of halogens is 1. The van der Waals surface area contributed by atoms with Crippen LogP contribution >= 0.6 is 35.3 Å². The molecule has 8 heteroatoms.